The van der Waals surface area contributed by atoms with Crippen molar-refractivity contribution >= 4 is 29.4 Å². The van der Waals surface area contributed by atoms with Gasteiger partial charge in [-0.2, -0.15) is 0 Å². The maximum absolute atomic E-state index is 14.5. The molecule has 5 rings (SSSR count). The maximum Gasteiger partial charge on any atom is 0.313 e. The molecule has 0 aliphatic carbocycles. The van der Waals surface area contributed by atoms with Crippen LogP contribution in [0.25, 0.3) is 0 Å². The van der Waals surface area contributed by atoms with E-state index in [-0.39, 0.29) is 32.0 Å². The highest BCUT2D eigenvalue weighted by Crippen LogP contribution is 2.59. The normalized spacial score (nSPS) is 25.2. The molecule has 3 amide bonds. The van der Waals surface area contributed by atoms with Crippen LogP contribution in [-0.2, 0) is 28.7 Å². The quantitative estimate of drug-likeness (QED) is 0.227. The number of ether oxygens (including phenoxy) is 3. The number of anilines is 1. The summed E-state index contributed by atoms with van der Waals surface area (Å²) in [6, 6.07) is 14.6. The van der Waals surface area contributed by atoms with Gasteiger partial charge in [-0.05, 0) is 56.0 Å². The number of carbonyl (C=O) groups is 4. The number of benzene rings is 2. The van der Waals surface area contributed by atoms with Crippen LogP contribution in [0.1, 0.15) is 44.3 Å². The molecule has 48 heavy (non-hydrogen) atoms. The molecule has 0 saturated carbocycles. The van der Waals surface area contributed by atoms with Gasteiger partial charge in [0.05, 0.1) is 37.7 Å². The number of allylic oxidation sites excluding steroid dienone is 1. The number of hydrogen-bond acceptors (Lipinski definition) is 8. The highest BCUT2D eigenvalue weighted by atomic mass is 16.6. The molecule has 2 bridgehead atoms. The van der Waals surface area contributed by atoms with Gasteiger partial charge in [-0.15, -0.1) is 13.2 Å². The van der Waals surface area contributed by atoms with Crippen LogP contribution >= 0.6 is 0 Å². The van der Waals surface area contributed by atoms with Crippen LogP contribution in [0.4, 0.5) is 5.69 Å². The third-order valence-electron chi connectivity index (χ3n) is 9.98. The molecule has 1 N–H and O–H groups in total. The lowest BCUT2D eigenvalue weighted by Gasteiger charge is -2.36. The van der Waals surface area contributed by atoms with Crippen molar-refractivity contribution < 1.29 is 38.5 Å². The molecule has 3 aliphatic rings. The summed E-state index contributed by atoms with van der Waals surface area (Å²) in [5, 5.41) is 10.0. The molecule has 3 fully saturated rings. The fourth-order valence-electron chi connectivity index (χ4n) is 7.53. The second-order valence-corrected chi connectivity index (χ2v) is 12.6. The number of carbonyl (C=O) groups excluding carboxylic acids is 4. The van der Waals surface area contributed by atoms with E-state index in [1.165, 1.54) is 9.80 Å². The van der Waals surface area contributed by atoms with Gasteiger partial charge >= 0.3 is 5.97 Å². The Morgan fingerprint density at radius 3 is 2.46 bits per heavy atom. The van der Waals surface area contributed by atoms with Crippen molar-refractivity contribution in [1.29, 1.82) is 0 Å². The van der Waals surface area contributed by atoms with Crippen LogP contribution in [0.2, 0.25) is 0 Å². The van der Waals surface area contributed by atoms with Crippen LogP contribution in [0.15, 0.2) is 79.9 Å². The van der Waals surface area contributed by atoms with Crippen LogP contribution < -0.4 is 9.64 Å². The Balaban J connectivity index is 1.46. The average Bonchev–Trinajstić information content (AvgIpc) is 3.75. The molecular formula is C37H45N3O8. The molecule has 0 radical (unpaired) electrons. The zero-order valence-electron chi connectivity index (χ0n) is 27.8. The van der Waals surface area contributed by atoms with Crippen molar-refractivity contribution in [2.45, 2.75) is 62.5 Å². The van der Waals surface area contributed by atoms with E-state index in [4.69, 9.17) is 14.2 Å². The van der Waals surface area contributed by atoms with Gasteiger partial charge in [0.1, 0.15) is 23.5 Å². The third-order valence-corrected chi connectivity index (χ3v) is 9.98. The maximum atomic E-state index is 14.5. The summed E-state index contributed by atoms with van der Waals surface area (Å²) in [7, 11) is 3.23. The molecule has 11 nitrogen and oxygen atoms in total. The van der Waals surface area contributed by atoms with Gasteiger partial charge in [0.2, 0.25) is 11.8 Å². The SMILES string of the molecule is C=CCCC(=O)N(C)[C@H](C)[C@H](OC(=O)[C@@H]1[C@H]2C(=O)N(CCO)[C@H](C(=O)N(CC=C)c3ccc(OC)cc3)[C@]23CC[C@H]1O3)c1ccccc1. The Bertz CT molecular complexity index is 1510. The topological polar surface area (TPSA) is 126 Å². The summed E-state index contributed by atoms with van der Waals surface area (Å²) < 4.78 is 18.1. The number of rotatable bonds is 15. The Morgan fingerprint density at radius 1 is 1.12 bits per heavy atom. The number of aliphatic hydroxyl groups excluding tert-OH is 1. The predicted molar refractivity (Wildman–Crippen MR) is 179 cm³/mol. The fourth-order valence-corrected chi connectivity index (χ4v) is 7.53. The summed E-state index contributed by atoms with van der Waals surface area (Å²) in [5.41, 5.74) is -0.00537. The molecule has 11 heteroatoms. The van der Waals surface area contributed by atoms with Gasteiger partial charge < -0.3 is 34.0 Å². The van der Waals surface area contributed by atoms with Crippen molar-refractivity contribution in [3.05, 3.63) is 85.5 Å². The van der Waals surface area contributed by atoms with Crippen LogP contribution in [0.3, 0.4) is 0 Å². The van der Waals surface area contributed by atoms with Crippen LogP contribution in [0, 0.1) is 11.8 Å². The molecule has 3 heterocycles. The van der Waals surface area contributed by atoms with Gasteiger partial charge in [-0.3, -0.25) is 19.2 Å². The first-order valence-electron chi connectivity index (χ1n) is 16.4. The number of hydrogen-bond donors (Lipinski definition) is 1. The van der Waals surface area contributed by atoms with E-state index in [1.807, 2.05) is 37.3 Å². The highest BCUT2D eigenvalue weighted by Gasteiger charge is 2.75. The Kier molecular flexibility index (Phi) is 10.7. The summed E-state index contributed by atoms with van der Waals surface area (Å²) in [6.07, 6.45) is 3.45. The van der Waals surface area contributed by atoms with E-state index in [1.54, 1.807) is 55.5 Å². The lowest BCUT2D eigenvalue weighted by Crippen LogP contribution is -2.56. The lowest BCUT2D eigenvalue weighted by atomic mass is 9.70. The number of likely N-dealkylation sites (tertiary alicyclic amines) is 1. The summed E-state index contributed by atoms with van der Waals surface area (Å²) in [4.78, 5) is 60.4. The number of aliphatic hydroxyl groups is 1. The van der Waals surface area contributed by atoms with Gasteiger partial charge in [-0.1, -0.05) is 42.5 Å². The Morgan fingerprint density at radius 2 is 1.83 bits per heavy atom. The molecule has 3 aliphatic heterocycles. The van der Waals surface area contributed by atoms with E-state index in [9.17, 15) is 24.3 Å². The van der Waals surface area contributed by atoms with Gasteiger partial charge in [0.25, 0.3) is 5.91 Å². The van der Waals surface area contributed by atoms with E-state index in [0.717, 1.165) is 0 Å². The zero-order chi connectivity index (χ0) is 34.6. The average molecular weight is 660 g/mol. The smallest absolute Gasteiger partial charge is 0.313 e. The summed E-state index contributed by atoms with van der Waals surface area (Å²) >= 11 is 0. The monoisotopic (exact) mass is 659 g/mol. The molecule has 1 spiro atoms. The molecule has 7 atom stereocenters. The van der Waals surface area contributed by atoms with E-state index < -0.39 is 59.5 Å². The van der Waals surface area contributed by atoms with Crippen molar-refractivity contribution in [2.24, 2.45) is 11.8 Å². The van der Waals surface area contributed by atoms with E-state index >= 15 is 0 Å². The third kappa shape index (κ3) is 6.24. The van der Waals surface area contributed by atoms with E-state index in [0.29, 0.717) is 36.3 Å². The number of β-amino-alcohol motifs (C(OH)–C–C–N with tert-alkyl or cyclic N) is 1. The number of nitrogens with zero attached hydrogens (tertiary/aromatic N) is 3. The highest BCUT2D eigenvalue weighted by molar-refractivity contribution is 6.04. The van der Waals surface area contributed by atoms with Crippen molar-refractivity contribution in [3.8, 4) is 5.75 Å². The number of fused-ring (bicyclic) bond motifs is 1. The number of amides is 3. The molecule has 3 saturated heterocycles. The van der Waals surface area contributed by atoms with Crippen molar-refractivity contribution in [3.63, 3.8) is 0 Å². The Labute approximate surface area is 281 Å². The minimum atomic E-state index is -1.28. The minimum Gasteiger partial charge on any atom is -0.497 e. The number of esters is 1. The lowest BCUT2D eigenvalue weighted by molar-refractivity contribution is -0.164. The molecule has 0 unspecified atom stereocenters. The first-order chi connectivity index (χ1) is 23.1. The number of methoxy groups -OCH3 is 1. The second-order valence-electron chi connectivity index (χ2n) is 12.6. The molecule has 0 aromatic heterocycles. The number of likely N-dealkylation sites (N-methyl/N-ethyl adjacent to an activating group) is 1. The zero-order valence-corrected chi connectivity index (χ0v) is 27.8. The van der Waals surface area contributed by atoms with Crippen LogP contribution in [0.5, 0.6) is 5.75 Å². The predicted octanol–water partition coefficient (Wildman–Crippen LogP) is 3.68. The minimum absolute atomic E-state index is 0.102. The summed E-state index contributed by atoms with van der Waals surface area (Å²) in [6.45, 7) is 9.03. The van der Waals surface area contributed by atoms with Crippen LogP contribution in [-0.4, -0.2) is 96.2 Å². The molecule has 2 aromatic carbocycles. The standard InChI is InChI=1S/C37H45N3O8/c1-6-8-14-29(42)38(4)24(3)32(25-12-10-9-11-13-25)47-36(45)30-28-19-20-37(48-28)31(30)34(43)40(22-23-41)33(37)35(44)39(21-7-2)26-15-17-27(46-5)18-16-26/h6-7,9-13,15-18,24,28,30-33,41H,1-2,8,14,19-23H2,3-5H3/t24-,28-,30+,31+,32+,33-,37+/m1/s1. The van der Waals surface area contributed by atoms with Crippen molar-refractivity contribution in [2.75, 3.05) is 38.8 Å². The first-order valence-corrected chi connectivity index (χ1v) is 16.4. The molecule has 2 aromatic rings. The van der Waals surface area contributed by atoms with Gasteiger partial charge in [-0.25, -0.2) is 0 Å². The van der Waals surface area contributed by atoms with Gasteiger partial charge in [0.15, 0.2) is 0 Å². The first kappa shape index (κ1) is 34.8. The fraction of sp³-hybridized carbons (Fsp3) is 0.459. The Hall–Kier alpha value is -4.48. The molecule has 256 valence electrons. The summed E-state index contributed by atoms with van der Waals surface area (Å²) in [5.74, 6) is -2.90. The van der Waals surface area contributed by atoms with E-state index in [2.05, 4.69) is 13.2 Å². The largest absolute Gasteiger partial charge is 0.497 e. The van der Waals surface area contributed by atoms with Gasteiger partial charge in [0, 0.05) is 32.2 Å². The second kappa shape index (κ2) is 14.7. The van der Waals surface area contributed by atoms with Crippen molar-refractivity contribution in [1.82, 2.24) is 9.80 Å². The molecular weight excluding hydrogens is 614 g/mol.